The highest BCUT2D eigenvalue weighted by atomic mass is 19.1. The molecular weight excluding hydrogens is 385 g/mol. The number of carbonyl (C=O) groups excluding carboxylic acids is 1. The molecule has 0 bridgehead atoms. The standard InChI is InChI=1S/C24H30FNO4/c1-23(2,3)30-22(28)19(15-17-7-5-4-6-8-17)24(29)11-13-26(14-12-24)21-10-9-18(27)16-20(21)25/h4-10,16,19,27,29H,11-15H2,1-3H3. The Bertz CT molecular complexity index is 871. The van der Waals surface area contributed by atoms with E-state index in [1.165, 1.54) is 12.1 Å². The minimum Gasteiger partial charge on any atom is -0.508 e. The van der Waals surface area contributed by atoms with Crippen LogP contribution in [0.3, 0.4) is 0 Å². The predicted octanol–water partition coefficient (Wildman–Crippen LogP) is 4.06. The van der Waals surface area contributed by atoms with E-state index in [2.05, 4.69) is 0 Å². The smallest absolute Gasteiger partial charge is 0.312 e. The molecule has 2 N–H and O–H groups in total. The molecule has 0 saturated carbocycles. The van der Waals surface area contributed by atoms with Gasteiger partial charge < -0.3 is 19.8 Å². The molecule has 6 heteroatoms. The van der Waals surface area contributed by atoms with Crippen LogP contribution in [0.15, 0.2) is 48.5 Å². The van der Waals surface area contributed by atoms with E-state index in [0.29, 0.717) is 38.0 Å². The molecule has 0 aliphatic carbocycles. The molecule has 0 amide bonds. The summed E-state index contributed by atoms with van der Waals surface area (Å²) >= 11 is 0. The van der Waals surface area contributed by atoms with Crippen molar-refractivity contribution < 1.29 is 24.1 Å². The Balaban J connectivity index is 1.79. The number of nitrogens with zero attached hydrogens (tertiary/aromatic N) is 1. The van der Waals surface area contributed by atoms with E-state index in [9.17, 15) is 19.4 Å². The monoisotopic (exact) mass is 415 g/mol. The normalized spacial score (nSPS) is 17.4. The molecule has 162 valence electrons. The second-order valence-corrected chi connectivity index (χ2v) is 9.00. The first-order chi connectivity index (χ1) is 14.1. The molecule has 1 aliphatic heterocycles. The lowest BCUT2D eigenvalue weighted by atomic mass is 9.76. The maximum atomic E-state index is 14.2. The number of halogens is 1. The molecule has 30 heavy (non-hydrogen) atoms. The van der Waals surface area contributed by atoms with Crippen molar-refractivity contribution in [3.05, 3.63) is 59.9 Å². The summed E-state index contributed by atoms with van der Waals surface area (Å²) in [6.45, 7) is 6.22. The van der Waals surface area contributed by atoms with Crippen molar-refractivity contribution in [3.63, 3.8) is 0 Å². The molecular formula is C24H30FNO4. The fraction of sp³-hybridized carbons (Fsp3) is 0.458. The molecule has 3 rings (SSSR count). The second-order valence-electron chi connectivity index (χ2n) is 9.00. The Kier molecular flexibility index (Phi) is 6.36. The maximum Gasteiger partial charge on any atom is 0.312 e. The van der Waals surface area contributed by atoms with Gasteiger partial charge in [-0.3, -0.25) is 4.79 Å². The van der Waals surface area contributed by atoms with Crippen LogP contribution < -0.4 is 4.90 Å². The topological polar surface area (TPSA) is 70.0 Å². The number of phenols is 1. The summed E-state index contributed by atoms with van der Waals surface area (Å²) < 4.78 is 19.9. The molecule has 0 aromatic heterocycles. The van der Waals surface area contributed by atoms with Crippen molar-refractivity contribution in [2.45, 2.75) is 51.2 Å². The molecule has 2 aromatic rings. The lowest BCUT2D eigenvalue weighted by Crippen LogP contribution is -2.53. The fourth-order valence-electron chi connectivity index (χ4n) is 3.95. The number of esters is 1. The highest BCUT2D eigenvalue weighted by Crippen LogP contribution is 2.36. The van der Waals surface area contributed by atoms with Gasteiger partial charge in [-0.05, 0) is 57.7 Å². The van der Waals surface area contributed by atoms with Gasteiger partial charge in [-0.2, -0.15) is 0 Å². The molecule has 0 radical (unpaired) electrons. The Morgan fingerprint density at radius 1 is 1.17 bits per heavy atom. The lowest BCUT2D eigenvalue weighted by Gasteiger charge is -2.43. The third-order valence-corrected chi connectivity index (χ3v) is 5.52. The van der Waals surface area contributed by atoms with Gasteiger partial charge in [0.2, 0.25) is 0 Å². The number of rotatable bonds is 5. The van der Waals surface area contributed by atoms with E-state index in [0.717, 1.165) is 11.6 Å². The van der Waals surface area contributed by atoms with Crippen LogP contribution in [0.2, 0.25) is 0 Å². The van der Waals surface area contributed by atoms with Gasteiger partial charge in [0.05, 0.1) is 17.2 Å². The number of aliphatic hydroxyl groups is 1. The summed E-state index contributed by atoms with van der Waals surface area (Å²) in [5.74, 6) is -1.77. The van der Waals surface area contributed by atoms with E-state index >= 15 is 0 Å². The molecule has 2 aromatic carbocycles. The Morgan fingerprint density at radius 3 is 2.37 bits per heavy atom. The van der Waals surface area contributed by atoms with Crippen LogP contribution >= 0.6 is 0 Å². The number of aromatic hydroxyl groups is 1. The highest BCUT2D eigenvalue weighted by molar-refractivity contribution is 5.75. The first-order valence-corrected chi connectivity index (χ1v) is 10.3. The first kappa shape index (κ1) is 22.1. The van der Waals surface area contributed by atoms with Gasteiger partial charge >= 0.3 is 5.97 Å². The van der Waals surface area contributed by atoms with E-state index < -0.39 is 28.9 Å². The summed E-state index contributed by atoms with van der Waals surface area (Å²) in [5.41, 5.74) is -0.569. The van der Waals surface area contributed by atoms with Gasteiger partial charge in [0, 0.05) is 19.2 Å². The average Bonchev–Trinajstić information content (AvgIpc) is 2.66. The number of anilines is 1. The second kappa shape index (κ2) is 8.64. The highest BCUT2D eigenvalue weighted by Gasteiger charge is 2.45. The Hall–Kier alpha value is -2.60. The molecule has 5 nitrogen and oxygen atoms in total. The minimum absolute atomic E-state index is 0.127. The summed E-state index contributed by atoms with van der Waals surface area (Å²) in [7, 11) is 0. The van der Waals surface area contributed by atoms with Crippen molar-refractivity contribution in [1.82, 2.24) is 0 Å². The van der Waals surface area contributed by atoms with Crippen LogP contribution in [-0.2, 0) is 16.0 Å². The van der Waals surface area contributed by atoms with Crippen molar-refractivity contribution in [1.29, 1.82) is 0 Å². The zero-order valence-electron chi connectivity index (χ0n) is 17.8. The number of hydrogen-bond donors (Lipinski definition) is 2. The Labute approximate surface area is 177 Å². The molecule has 1 atom stereocenters. The van der Waals surface area contributed by atoms with E-state index in [-0.39, 0.29) is 5.75 Å². The number of phenolic OH excluding ortho intramolecular Hbond substituents is 1. The summed E-state index contributed by atoms with van der Waals surface area (Å²) in [5, 5.41) is 20.9. The largest absolute Gasteiger partial charge is 0.508 e. The minimum atomic E-state index is -1.25. The number of hydrogen-bond acceptors (Lipinski definition) is 5. The third-order valence-electron chi connectivity index (χ3n) is 5.52. The average molecular weight is 416 g/mol. The number of benzene rings is 2. The molecule has 1 heterocycles. The molecule has 1 saturated heterocycles. The van der Waals surface area contributed by atoms with Crippen molar-refractivity contribution in [2.75, 3.05) is 18.0 Å². The Morgan fingerprint density at radius 2 is 1.80 bits per heavy atom. The van der Waals surface area contributed by atoms with Crippen LogP contribution in [0.25, 0.3) is 0 Å². The zero-order valence-corrected chi connectivity index (χ0v) is 17.8. The summed E-state index contributed by atoms with van der Waals surface area (Å²) in [6, 6.07) is 13.6. The van der Waals surface area contributed by atoms with Gasteiger partial charge in [0.15, 0.2) is 0 Å². The quantitative estimate of drug-likeness (QED) is 0.721. The van der Waals surface area contributed by atoms with Crippen LogP contribution in [0.5, 0.6) is 5.75 Å². The first-order valence-electron chi connectivity index (χ1n) is 10.3. The van der Waals surface area contributed by atoms with Crippen LogP contribution in [0.1, 0.15) is 39.2 Å². The van der Waals surface area contributed by atoms with Gasteiger partial charge in [-0.15, -0.1) is 0 Å². The lowest BCUT2D eigenvalue weighted by molar-refractivity contribution is -0.171. The maximum absolute atomic E-state index is 14.2. The molecule has 1 unspecified atom stereocenters. The number of carbonyl (C=O) groups is 1. The van der Waals surface area contributed by atoms with Gasteiger partial charge in [-0.25, -0.2) is 4.39 Å². The third kappa shape index (κ3) is 5.30. The number of ether oxygens (including phenoxy) is 1. The van der Waals surface area contributed by atoms with Gasteiger partial charge in [0.1, 0.15) is 17.2 Å². The van der Waals surface area contributed by atoms with E-state index in [1.807, 2.05) is 56.0 Å². The molecule has 0 spiro atoms. The zero-order chi connectivity index (χ0) is 21.9. The summed E-state index contributed by atoms with van der Waals surface area (Å²) in [6.07, 6.45) is 0.994. The van der Waals surface area contributed by atoms with E-state index in [1.54, 1.807) is 0 Å². The number of piperidine rings is 1. The predicted molar refractivity (Wildman–Crippen MR) is 114 cm³/mol. The molecule has 1 aliphatic rings. The summed E-state index contributed by atoms with van der Waals surface area (Å²) in [4.78, 5) is 14.9. The molecule has 1 fully saturated rings. The van der Waals surface area contributed by atoms with Gasteiger partial charge in [0.25, 0.3) is 0 Å². The van der Waals surface area contributed by atoms with Crippen LogP contribution in [0, 0.1) is 11.7 Å². The van der Waals surface area contributed by atoms with E-state index in [4.69, 9.17) is 4.74 Å². The van der Waals surface area contributed by atoms with Gasteiger partial charge in [-0.1, -0.05) is 30.3 Å². The van der Waals surface area contributed by atoms with Crippen LogP contribution in [-0.4, -0.2) is 40.5 Å². The fourth-order valence-corrected chi connectivity index (χ4v) is 3.95. The van der Waals surface area contributed by atoms with Crippen molar-refractivity contribution >= 4 is 11.7 Å². The van der Waals surface area contributed by atoms with Crippen LogP contribution in [0.4, 0.5) is 10.1 Å². The van der Waals surface area contributed by atoms with Crippen molar-refractivity contribution in [2.24, 2.45) is 5.92 Å². The SMILES string of the molecule is CC(C)(C)OC(=O)C(Cc1ccccc1)C1(O)CCN(c2ccc(O)cc2F)CC1. The van der Waals surface area contributed by atoms with Crippen molar-refractivity contribution in [3.8, 4) is 5.75 Å².